The zero-order chi connectivity index (χ0) is 30.4. The van der Waals surface area contributed by atoms with Crippen LogP contribution in [-0.4, -0.2) is 11.7 Å². The van der Waals surface area contributed by atoms with Gasteiger partial charge in [-0.05, 0) is 87.4 Å². The van der Waals surface area contributed by atoms with Gasteiger partial charge in [-0.15, -0.1) is 0 Å². The Morgan fingerprint density at radius 3 is 2.59 bits per heavy atom. The van der Waals surface area contributed by atoms with Crippen LogP contribution in [0.1, 0.15) is 40.3 Å². The van der Waals surface area contributed by atoms with Crippen LogP contribution in [-0.2, 0) is 13.0 Å². The minimum absolute atomic E-state index is 0.0451. The molecule has 1 atom stereocenters. The fourth-order valence-corrected chi connectivity index (χ4v) is 7.69. The van der Waals surface area contributed by atoms with E-state index in [1.165, 1.54) is 23.0 Å². The molecule has 2 heterocycles. The lowest BCUT2D eigenvalue weighted by molar-refractivity contribution is 0.278. The summed E-state index contributed by atoms with van der Waals surface area (Å²) >= 11 is 8.52. The van der Waals surface area contributed by atoms with E-state index in [2.05, 4.69) is 62.2 Å². The Hall–Kier alpha value is -3.79. The molecule has 1 aliphatic heterocycles. The maximum absolute atomic E-state index is 14.2. The minimum atomic E-state index is -0.332. The molecule has 0 spiro atoms. The summed E-state index contributed by atoms with van der Waals surface area (Å²) in [6.07, 6.45) is 3.59. The molecule has 1 aliphatic carbocycles. The number of thiazole rings is 1. The number of rotatable bonds is 6. The van der Waals surface area contributed by atoms with Crippen molar-refractivity contribution in [3.8, 4) is 11.5 Å². The average molecular weight is 732 g/mol. The van der Waals surface area contributed by atoms with Crippen molar-refractivity contribution in [1.82, 2.24) is 4.57 Å². The molecule has 1 aromatic heterocycles. The van der Waals surface area contributed by atoms with Gasteiger partial charge in [-0.25, -0.2) is 9.38 Å². The Bertz CT molecular complexity index is 2140. The van der Waals surface area contributed by atoms with Crippen LogP contribution in [0, 0.1) is 5.82 Å². The predicted molar refractivity (Wildman–Crippen MR) is 178 cm³/mol. The number of benzene rings is 4. The zero-order valence-corrected chi connectivity index (χ0v) is 27.5. The first-order valence-electron chi connectivity index (χ1n) is 14.0. The van der Waals surface area contributed by atoms with Gasteiger partial charge in [0, 0.05) is 15.6 Å². The summed E-state index contributed by atoms with van der Waals surface area (Å²) in [5.41, 5.74) is 6.68. The van der Waals surface area contributed by atoms with Crippen molar-refractivity contribution in [3.63, 3.8) is 0 Å². The number of halogens is 3. The summed E-state index contributed by atoms with van der Waals surface area (Å²) < 4.78 is 29.8. The number of ether oxygens (including phenoxy) is 2. The standard InChI is InChI=1S/C35H25Br2FN2O3S/c1-42-29-17-20(16-27(37)33(29)43-19-23-7-3-5-9-28(23)38)18-30-34(41)40-32(22-10-13-24(36)14-11-22)26-15-12-21-6-2-4-8-25(21)31(26)39-35(40)44-30/h2-11,13-14,16-18,32H,12,15,19H2,1H3/b30-18-/t32-/m0/s1. The maximum Gasteiger partial charge on any atom is 0.271 e. The normalized spacial score (nSPS) is 15.7. The van der Waals surface area contributed by atoms with Crippen LogP contribution >= 0.6 is 43.2 Å². The van der Waals surface area contributed by atoms with Gasteiger partial charge in [-0.3, -0.25) is 9.36 Å². The highest BCUT2D eigenvalue weighted by Gasteiger charge is 2.32. The monoisotopic (exact) mass is 730 g/mol. The summed E-state index contributed by atoms with van der Waals surface area (Å²) in [6.45, 7) is 0.0451. The second-order valence-corrected chi connectivity index (χ2v) is 13.4. The first-order chi connectivity index (χ1) is 21.4. The van der Waals surface area contributed by atoms with Crippen molar-refractivity contribution < 1.29 is 13.9 Å². The van der Waals surface area contributed by atoms with E-state index in [4.69, 9.17) is 14.5 Å². The van der Waals surface area contributed by atoms with Crippen LogP contribution in [0.2, 0.25) is 0 Å². The Kier molecular flexibility index (Phi) is 7.86. The van der Waals surface area contributed by atoms with Gasteiger partial charge in [0.2, 0.25) is 0 Å². The molecule has 0 saturated carbocycles. The van der Waals surface area contributed by atoms with Crippen LogP contribution in [0.3, 0.4) is 0 Å². The molecule has 5 aromatic rings. The first-order valence-corrected chi connectivity index (χ1v) is 16.4. The third kappa shape index (κ3) is 5.27. The lowest BCUT2D eigenvalue weighted by Crippen LogP contribution is -2.38. The van der Waals surface area contributed by atoms with Gasteiger partial charge in [0.15, 0.2) is 16.3 Å². The molecule has 4 aromatic carbocycles. The van der Waals surface area contributed by atoms with E-state index in [9.17, 15) is 9.18 Å². The summed E-state index contributed by atoms with van der Waals surface area (Å²) in [6, 6.07) is 26.5. The fraction of sp³-hybridized carbons (Fsp3) is 0.143. The molecule has 9 heteroatoms. The third-order valence-electron chi connectivity index (χ3n) is 7.94. The summed E-state index contributed by atoms with van der Waals surface area (Å²) in [7, 11) is 1.55. The highest BCUT2D eigenvalue weighted by molar-refractivity contribution is 9.10. The molecular formula is C35H25Br2FN2O3S. The summed E-state index contributed by atoms with van der Waals surface area (Å²) in [4.78, 5) is 19.9. The molecule has 0 saturated heterocycles. The number of nitrogens with zero attached hydrogens (tertiary/aromatic N) is 2. The second kappa shape index (κ2) is 12.0. The smallest absolute Gasteiger partial charge is 0.271 e. The highest BCUT2D eigenvalue weighted by atomic mass is 79.9. The summed E-state index contributed by atoms with van der Waals surface area (Å²) in [5.74, 6) is 0.590. The number of aryl methyl sites for hydroxylation is 1. The van der Waals surface area contributed by atoms with Gasteiger partial charge >= 0.3 is 0 Å². The number of hydrogen-bond donors (Lipinski definition) is 0. The Morgan fingerprint density at radius 1 is 1.02 bits per heavy atom. The van der Waals surface area contributed by atoms with Crippen molar-refractivity contribution >= 4 is 55.0 Å². The second-order valence-electron chi connectivity index (χ2n) is 10.6. The van der Waals surface area contributed by atoms with Gasteiger partial charge < -0.3 is 9.47 Å². The van der Waals surface area contributed by atoms with Crippen molar-refractivity contribution in [2.24, 2.45) is 4.99 Å². The predicted octanol–water partition coefficient (Wildman–Crippen LogP) is 7.57. The van der Waals surface area contributed by atoms with E-state index in [1.54, 1.807) is 25.3 Å². The SMILES string of the molecule is COc1cc(/C=c2\sc3n(c2=O)[C@@H](c2ccc(Br)cc2)C2=C(N=3)c3ccccc3CC2)cc(Br)c1OCc1ccccc1F. The average Bonchev–Trinajstić information content (AvgIpc) is 3.34. The molecule has 220 valence electrons. The van der Waals surface area contributed by atoms with Crippen molar-refractivity contribution in [2.75, 3.05) is 7.11 Å². The number of aromatic nitrogens is 1. The Balaban J connectivity index is 1.33. The van der Waals surface area contributed by atoms with Gasteiger partial charge in [0.1, 0.15) is 12.4 Å². The quantitative estimate of drug-likeness (QED) is 0.181. The van der Waals surface area contributed by atoms with E-state index in [1.807, 2.05) is 41.0 Å². The molecule has 7 rings (SSSR count). The minimum Gasteiger partial charge on any atom is -0.493 e. The van der Waals surface area contributed by atoms with Gasteiger partial charge in [0.05, 0.1) is 27.9 Å². The molecule has 2 aliphatic rings. The number of allylic oxidation sites excluding steroid dienone is 1. The molecule has 0 amide bonds. The van der Waals surface area contributed by atoms with E-state index in [0.29, 0.717) is 30.9 Å². The molecule has 0 radical (unpaired) electrons. The molecular weight excluding hydrogens is 707 g/mol. The molecule has 0 bridgehead atoms. The number of methoxy groups -OCH3 is 1. The fourth-order valence-electron chi connectivity index (χ4n) is 5.85. The Morgan fingerprint density at radius 2 is 1.80 bits per heavy atom. The van der Waals surface area contributed by atoms with E-state index < -0.39 is 0 Å². The third-order valence-corrected chi connectivity index (χ3v) is 10.0. The lowest BCUT2D eigenvalue weighted by Gasteiger charge is -2.30. The van der Waals surface area contributed by atoms with Crippen LogP contribution in [0.5, 0.6) is 11.5 Å². The highest BCUT2D eigenvalue weighted by Crippen LogP contribution is 2.41. The Labute approximate surface area is 273 Å². The van der Waals surface area contributed by atoms with Crippen molar-refractivity contribution in [1.29, 1.82) is 0 Å². The van der Waals surface area contributed by atoms with Crippen LogP contribution < -0.4 is 24.4 Å². The largest absolute Gasteiger partial charge is 0.493 e. The van der Waals surface area contributed by atoms with E-state index >= 15 is 0 Å². The first kappa shape index (κ1) is 29.0. The number of hydrogen-bond acceptors (Lipinski definition) is 5. The molecule has 0 unspecified atom stereocenters. The van der Waals surface area contributed by atoms with Crippen LogP contribution in [0.15, 0.2) is 109 Å². The van der Waals surface area contributed by atoms with Gasteiger partial charge in [-0.1, -0.05) is 81.9 Å². The maximum atomic E-state index is 14.2. The molecule has 44 heavy (non-hydrogen) atoms. The molecule has 0 fully saturated rings. The topological polar surface area (TPSA) is 52.8 Å². The van der Waals surface area contributed by atoms with E-state index in [0.717, 1.165) is 45.3 Å². The van der Waals surface area contributed by atoms with Gasteiger partial charge in [0.25, 0.3) is 5.56 Å². The molecule has 0 N–H and O–H groups in total. The lowest BCUT2D eigenvalue weighted by atomic mass is 9.83. The zero-order valence-electron chi connectivity index (χ0n) is 23.5. The van der Waals surface area contributed by atoms with Crippen molar-refractivity contribution in [3.05, 3.63) is 153 Å². The van der Waals surface area contributed by atoms with Gasteiger partial charge in [-0.2, -0.15) is 0 Å². The molecule has 5 nitrogen and oxygen atoms in total. The van der Waals surface area contributed by atoms with E-state index in [-0.39, 0.29) is 24.0 Å². The summed E-state index contributed by atoms with van der Waals surface area (Å²) in [5, 5.41) is 0. The number of fused-ring (bicyclic) bond motifs is 3. The van der Waals surface area contributed by atoms with Crippen molar-refractivity contribution in [2.45, 2.75) is 25.5 Å². The van der Waals surface area contributed by atoms with Crippen LogP contribution in [0.25, 0.3) is 11.8 Å². The van der Waals surface area contributed by atoms with Crippen LogP contribution in [0.4, 0.5) is 4.39 Å².